The van der Waals surface area contributed by atoms with Gasteiger partial charge in [0.15, 0.2) is 0 Å². The van der Waals surface area contributed by atoms with Gasteiger partial charge in [0.2, 0.25) is 30.0 Å². The molecule has 0 aliphatic rings. The molecule has 0 saturated carbocycles. The van der Waals surface area contributed by atoms with E-state index in [1.807, 2.05) is 72.1 Å². The molecule has 0 aliphatic heterocycles. The van der Waals surface area contributed by atoms with Crippen LogP contribution in [0.1, 0.15) is 63.0 Å². The van der Waals surface area contributed by atoms with Crippen LogP contribution in [0.4, 0.5) is 5.69 Å². The van der Waals surface area contributed by atoms with Crippen molar-refractivity contribution in [3.8, 4) is 11.1 Å². The summed E-state index contributed by atoms with van der Waals surface area (Å²) >= 11 is 1.41. The van der Waals surface area contributed by atoms with Crippen molar-refractivity contribution in [1.82, 2.24) is 21.3 Å². The quantitative estimate of drug-likeness (QED) is 0.0513. The summed E-state index contributed by atoms with van der Waals surface area (Å²) in [4.78, 5) is 91.6. The van der Waals surface area contributed by atoms with Crippen molar-refractivity contribution in [2.24, 2.45) is 0 Å². The predicted molar refractivity (Wildman–Crippen MR) is 224 cm³/mol. The molecular weight excluding hydrogens is 775 g/mol. The maximum Gasteiger partial charge on any atom is 0.326 e. The molecule has 0 fully saturated rings. The van der Waals surface area contributed by atoms with E-state index >= 15 is 0 Å². The van der Waals surface area contributed by atoms with E-state index in [0.29, 0.717) is 23.2 Å². The average molecular weight is 826 g/mol. The summed E-state index contributed by atoms with van der Waals surface area (Å²) in [6.45, 7) is 6.71. The largest absolute Gasteiger partial charge is 0.480 e. The lowest BCUT2D eigenvalue weighted by atomic mass is 9.99. The lowest BCUT2D eigenvalue weighted by Gasteiger charge is -2.26. The molecule has 312 valence electrons. The fraction of sp³-hybridized carbons (Fsp3) is 0.341. The Balaban J connectivity index is 1.62. The molecule has 4 rings (SSSR count). The standard InChI is InChI=1S/C44H51N5O9S/c1-5-38(51)46-36(26-33-12-9-23-59-33)42(55)48-35(24-28-13-17-31(18-14-28)30-10-7-6-8-11-30)41(54)47-34(21-22-39(52)58-44(2,3)4)40(53)49-37(43(56)57)25-29-15-19-32(20-16-29)45-27-50/h6-20,23,27,34-37H,5,21-22,24-26H2,1-4H3,(H,45,50)(H,46,51)(H,47,54)(H,48,55)(H,49,53)(H,56,57)/t34-,35-,36+,37-/m0/s1. The highest BCUT2D eigenvalue weighted by Crippen LogP contribution is 2.21. The topological polar surface area (TPSA) is 209 Å². The summed E-state index contributed by atoms with van der Waals surface area (Å²) in [5, 5.41) is 25.1. The van der Waals surface area contributed by atoms with E-state index in [1.165, 1.54) is 11.3 Å². The second-order valence-electron chi connectivity index (χ2n) is 14.8. The number of amides is 5. The van der Waals surface area contributed by atoms with Gasteiger partial charge in [-0.1, -0.05) is 79.7 Å². The molecule has 0 spiro atoms. The molecule has 3 aromatic carbocycles. The maximum absolute atomic E-state index is 14.3. The fourth-order valence-electron chi connectivity index (χ4n) is 6.03. The highest BCUT2D eigenvalue weighted by atomic mass is 32.1. The summed E-state index contributed by atoms with van der Waals surface area (Å²) < 4.78 is 5.43. The molecule has 0 radical (unpaired) electrons. The van der Waals surface area contributed by atoms with Crippen LogP contribution in [0.3, 0.4) is 0 Å². The lowest BCUT2D eigenvalue weighted by molar-refractivity contribution is -0.155. The Hall–Kier alpha value is -6.35. The first-order chi connectivity index (χ1) is 28.1. The number of esters is 1. The van der Waals surface area contributed by atoms with Crippen molar-refractivity contribution in [1.29, 1.82) is 0 Å². The van der Waals surface area contributed by atoms with Gasteiger partial charge in [0.05, 0.1) is 0 Å². The first-order valence-corrected chi connectivity index (χ1v) is 20.1. The van der Waals surface area contributed by atoms with Crippen LogP contribution in [-0.4, -0.2) is 76.9 Å². The lowest BCUT2D eigenvalue weighted by Crippen LogP contribution is -2.58. The van der Waals surface area contributed by atoms with E-state index in [0.717, 1.165) is 16.0 Å². The molecule has 15 heteroatoms. The smallest absolute Gasteiger partial charge is 0.326 e. The summed E-state index contributed by atoms with van der Waals surface area (Å²) in [7, 11) is 0. The number of rotatable bonds is 21. The van der Waals surface area contributed by atoms with Gasteiger partial charge in [0.1, 0.15) is 29.8 Å². The molecule has 0 saturated heterocycles. The van der Waals surface area contributed by atoms with Crippen LogP contribution in [0, 0.1) is 0 Å². The number of ether oxygens (including phenoxy) is 1. The van der Waals surface area contributed by atoms with Crippen LogP contribution in [-0.2, 0) is 57.6 Å². The zero-order valence-electron chi connectivity index (χ0n) is 33.5. The normalized spacial score (nSPS) is 13.1. The monoisotopic (exact) mass is 825 g/mol. The van der Waals surface area contributed by atoms with E-state index in [1.54, 1.807) is 52.0 Å². The van der Waals surface area contributed by atoms with E-state index in [4.69, 9.17) is 4.74 Å². The number of anilines is 1. The van der Waals surface area contributed by atoms with Crippen molar-refractivity contribution in [3.63, 3.8) is 0 Å². The number of benzene rings is 3. The number of carbonyl (C=O) groups is 7. The van der Waals surface area contributed by atoms with Crippen LogP contribution in [0.5, 0.6) is 0 Å². The second kappa shape index (κ2) is 22.0. The number of nitrogens with one attached hydrogen (secondary N) is 5. The van der Waals surface area contributed by atoms with Crippen molar-refractivity contribution in [3.05, 3.63) is 112 Å². The van der Waals surface area contributed by atoms with Crippen LogP contribution >= 0.6 is 11.3 Å². The van der Waals surface area contributed by atoms with Gasteiger partial charge in [-0.25, -0.2) is 4.79 Å². The third kappa shape index (κ3) is 15.2. The van der Waals surface area contributed by atoms with Crippen molar-refractivity contribution in [2.45, 2.75) is 96.0 Å². The van der Waals surface area contributed by atoms with Crippen molar-refractivity contribution >= 4 is 59.0 Å². The Morgan fingerprint density at radius 1 is 0.678 bits per heavy atom. The van der Waals surface area contributed by atoms with Crippen LogP contribution in [0.15, 0.2) is 96.4 Å². The molecule has 4 aromatic rings. The maximum atomic E-state index is 14.3. The Labute approximate surface area is 347 Å². The highest BCUT2D eigenvalue weighted by Gasteiger charge is 2.32. The minimum absolute atomic E-state index is 0.0206. The molecule has 59 heavy (non-hydrogen) atoms. The van der Waals surface area contributed by atoms with Gasteiger partial charge in [0, 0.05) is 42.7 Å². The number of aliphatic carboxylic acids is 1. The fourth-order valence-corrected chi connectivity index (χ4v) is 6.78. The molecular formula is C44H51N5O9S. The minimum Gasteiger partial charge on any atom is -0.480 e. The molecule has 0 aliphatic carbocycles. The van der Waals surface area contributed by atoms with Gasteiger partial charge in [0.25, 0.3) is 0 Å². The van der Waals surface area contributed by atoms with Crippen LogP contribution in [0.25, 0.3) is 11.1 Å². The SMILES string of the molecule is CCC(=O)N[C@H](Cc1cccs1)C(=O)N[C@@H](Cc1ccc(-c2ccccc2)cc1)C(=O)N[C@@H](CCC(=O)OC(C)(C)C)C(=O)N[C@@H](Cc1ccc(NC=O)cc1)C(=O)O. The van der Waals surface area contributed by atoms with Gasteiger partial charge in [-0.2, -0.15) is 0 Å². The number of carboxylic acids is 1. The van der Waals surface area contributed by atoms with Crippen molar-refractivity contribution < 1.29 is 43.4 Å². The number of carbonyl (C=O) groups excluding carboxylic acids is 6. The third-order valence-electron chi connectivity index (χ3n) is 9.02. The highest BCUT2D eigenvalue weighted by molar-refractivity contribution is 7.09. The van der Waals surface area contributed by atoms with Crippen molar-refractivity contribution in [2.75, 3.05) is 5.32 Å². The molecule has 4 atom stereocenters. The predicted octanol–water partition coefficient (Wildman–Crippen LogP) is 4.57. The number of hydrogen-bond donors (Lipinski definition) is 6. The molecule has 0 unspecified atom stereocenters. The summed E-state index contributed by atoms with van der Waals surface area (Å²) in [5.41, 5.74) is 2.78. The zero-order chi connectivity index (χ0) is 43.0. The number of carboxylic acid groups (broad SMARTS) is 1. The second-order valence-corrected chi connectivity index (χ2v) is 15.9. The number of thiophene rings is 1. The van der Waals surface area contributed by atoms with E-state index < -0.39 is 59.4 Å². The average Bonchev–Trinajstić information content (AvgIpc) is 3.72. The molecule has 14 nitrogen and oxygen atoms in total. The molecule has 6 N–H and O–H groups in total. The molecule has 5 amide bonds. The summed E-state index contributed by atoms with van der Waals surface area (Å²) in [6.07, 6.45) is 0.0818. The Morgan fingerprint density at radius 3 is 1.78 bits per heavy atom. The Kier molecular flexibility index (Phi) is 16.9. The summed E-state index contributed by atoms with van der Waals surface area (Å²) in [5.74, 6) is -4.64. The first-order valence-electron chi connectivity index (χ1n) is 19.2. The Bertz CT molecular complexity index is 2030. The molecule has 1 heterocycles. The van der Waals surface area contributed by atoms with Gasteiger partial charge < -0.3 is 36.4 Å². The van der Waals surface area contributed by atoms with E-state index in [2.05, 4.69) is 26.6 Å². The molecule has 1 aromatic heterocycles. The third-order valence-corrected chi connectivity index (χ3v) is 9.91. The minimum atomic E-state index is -1.44. The zero-order valence-corrected chi connectivity index (χ0v) is 34.3. The van der Waals surface area contributed by atoms with Crippen LogP contribution in [0.2, 0.25) is 0 Å². The van der Waals surface area contributed by atoms with Gasteiger partial charge in [-0.15, -0.1) is 11.3 Å². The summed E-state index contributed by atoms with van der Waals surface area (Å²) in [6, 6.07) is 21.9. The number of hydrogen-bond acceptors (Lipinski definition) is 9. The molecule has 0 bridgehead atoms. The Morgan fingerprint density at radius 2 is 1.22 bits per heavy atom. The van der Waals surface area contributed by atoms with Gasteiger partial charge in [-0.3, -0.25) is 28.8 Å². The van der Waals surface area contributed by atoms with E-state index in [9.17, 15) is 38.7 Å². The van der Waals surface area contributed by atoms with Gasteiger partial charge in [-0.05, 0) is 73.0 Å². The first kappa shape index (κ1) is 45.4. The van der Waals surface area contributed by atoms with Crippen LogP contribution < -0.4 is 26.6 Å². The van der Waals surface area contributed by atoms with Gasteiger partial charge >= 0.3 is 11.9 Å². The van der Waals surface area contributed by atoms with E-state index in [-0.39, 0.29) is 44.4 Å².